The first-order valence-corrected chi connectivity index (χ1v) is 13.1. The second-order valence-electron chi connectivity index (χ2n) is 9.42. The van der Waals surface area contributed by atoms with Crippen LogP contribution in [0.2, 0.25) is 5.02 Å². The maximum atomic E-state index is 13.2. The van der Waals surface area contributed by atoms with E-state index in [1.807, 2.05) is 85.0 Å². The van der Waals surface area contributed by atoms with Crippen molar-refractivity contribution in [1.82, 2.24) is 14.8 Å². The second-order valence-corrected chi connectivity index (χ2v) is 11.0. The number of thiophene rings is 1. The summed E-state index contributed by atoms with van der Waals surface area (Å²) in [4.78, 5) is 31.8. The molecule has 0 aliphatic rings. The van der Waals surface area contributed by atoms with Crippen LogP contribution >= 0.6 is 22.9 Å². The highest BCUT2D eigenvalue weighted by Crippen LogP contribution is 2.25. The van der Waals surface area contributed by atoms with E-state index in [-0.39, 0.29) is 11.0 Å². The molecule has 2 heterocycles. The molecule has 0 fully saturated rings. The number of pyridine rings is 1. The van der Waals surface area contributed by atoms with Crippen LogP contribution in [0.4, 0.5) is 5.69 Å². The lowest BCUT2D eigenvalue weighted by Crippen LogP contribution is -2.29. The van der Waals surface area contributed by atoms with Crippen LogP contribution in [0.15, 0.2) is 65.6 Å². The lowest BCUT2D eigenvalue weighted by molar-refractivity contribution is 0.0949. The fraction of sp³-hybridized carbons (Fsp3) is 0.286. The Balaban J connectivity index is 1.45. The quantitative estimate of drug-likeness (QED) is 0.330. The van der Waals surface area contributed by atoms with E-state index in [0.717, 1.165) is 26.5 Å². The Morgan fingerprint density at radius 2 is 1.78 bits per heavy atom. The number of amides is 1. The van der Waals surface area contributed by atoms with Crippen molar-refractivity contribution in [3.8, 4) is 0 Å². The molecule has 0 radical (unpaired) electrons. The molecule has 0 bridgehead atoms. The largest absolute Gasteiger partial charge is 0.387 e. The molecule has 7 nitrogen and oxygen atoms in total. The molecular formula is C28H31ClN4O3S. The normalized spacial score (nSPS) is 12.2. The summed E-state index contributed by atoms with van der Waals surface area (Å²) in [7, 11) is 7.74. The molecular weight excluding hydrogens is 508 g/mol. The molecule has 37 heavy (non-hydrogen) atoms. The molecule has 2 aromatic heterocycles. The van der Waals surface area contributed by atoms with Crippen LogP contribution in [0.1, 0.15) is 32.5 Å². The average molecular weight is 539 g/mol. The van der Waals surface area contributed by atoms with Gasteiger partial charge in [-0.3, -0.25) is 14.5 Å². The van der Waals surface area contributed by atoms with Gasteiger partial charge in [0.2, 0.25) is 5.43 Å². The molecule has 4 rings (SSSR count). The van der Waals surface area contributed by atoms with E-state index in [1.54, 1.807) is 18.3 Å². The van der Waals surface area contributed by atoms with Crippen LogP contribution in [0.3, 0.4) is 0 Å². The van der Waals surface area contributed by atoms with Crippen LogP contribution in [-0.4, -0.2) is 48.2 Å². The molecule has 4 aromatic rings. The van der Waals surface area contributed by atoms with E-state index in [1.165, 1.54) is 11.3 Å². The van der Waals surface area contributed by atoms with E-state index < -0.39 is 12.0 Å². The number of nitrogens with zero attached hydrogens (tertiary/aromatic N) is 3. The Kier molecular flexibility index (Phi) is 8.34. The molecule has 194 valence electrons. The number of aliphatic hydroxyl groups excluding tert-OH is 1. The number of halogens is 1. The molecule has 9 heteroatoms. The van der Waals surface area contributed by atoms with Gasteiger partial charge >= 0.3 is 0 Å². The summed E-state index contributed by atoms with van der Waals surface area (Å²) in [6.45, 7) is 1.32. The Morgan fingerprint density at radius 3 is 2.43 bits per heavy atom. The third kappa shape index (κ3) is 6.40. The van der Waals surface area contributed by atoms with Gasteiger partial charge in [-0.1, -0.05) is 35.9 Å². The number of hydrogen-bond acceptors (Lipinski definition) is 6. The van der Waals surface area contributed by atoms with Crippen LogP contribution < -0.4 is 15.6 Å². The van der Waals surface area contributed by atoms with Crippen LogP contribution in [0, 0.1) is 0 Å². The van der Waals surface area contributed by atoms with Crippen molar-refractivity contribution in [2.75, 3.05) is 32.6 Å². The number of benzene rings is 2. The molecule has 0 saturated heterocycles. The van der Waals surface area contributed by atoms with Crippen molar-refractivity contribution in [2.24, 2.45) is 7.05 Å². The molecule has 0 unspecified atom stereocenters. The van der Waals surface area contributed by atoms with Gasteiger partial charge < -0.3 is 19.9 Å². The summed E-state index contributed by atoms with van der Waals surface area (Å²) >= 11 is 7.43. The number of aryl methyl sites for hydroxylation is 1. The van der Waals surface area contributed by atoms with E-state index in [4.69, 9.17) is 11.6 Å². The number of nitrogens with one attached hydrogen (secondary N) is 1. The minimum absolute atomic E-state index is 0.110. The number of aromatic nitrogens is 1. The van der Waals surface area contributed by atoms with Gasteiger partial charge in [-0.05, 0) is 48.5 Å². The van der Waals surface area contributed by atoms with Gasteiger partial charge in [0.05, 0.1) is 11.5 Å². The SMILES string of the molecule is CN(Cc1cc2c(=O)c(C(=O)NCc3ccc(Cl)cc3)cn(C)c2s1)C[C@@H](O)c1ccc(N(C)C)cc1. The molecule has 0 aliphatic heterocycles. The smallest absolute Gasteiger partial charge is 0.257 e. The number of aliphatic hydroxyl groups is 1. The standard InChI is InChI=1S/C28H31ClN4O3S/c1-31(2)21-11-7-19(8-12-21)25(34)17-32(3)15-22-13-23-26(35)24(16-33(4)28(23)37-22)27(36)30-14-18-5-9-20(29)10-6-18/h5-13,16,25,34H,14-15,17H2,1-4H3,(H,30,36)/t25-/m1/s1. The summed E-state index contributed by atoms with van der Waals surface area (Å²) in [5.41, 5.74) is 2.66. The number of anilines is 1. The Labute approximate surface area is 225 Å². The predicted octanol–water partition coefficient (Wildman–Crippen LogP) is 4.41. The maximum absolute atomic E-state index is 13.2. The van der Waals surface area contributed by atoms with Crippen LogP contribution in [0.25, 0.3) is 10.2 Å². The van der Waals surface area contributed by atoms with Crippen molar-refractivity contribution < 1.29 is 9.90 Å². The maximum Gasteiger partial charge on any atom is 0.257 e. The Morgan fingerprint density at radius 1 is 1.11 bits per heavy atom. The molecule has 0 saturated carbocycles. The number of carbonyl (C=O) groups is 1. The van der Waals surface area contributed by atoms with Crippen LogP contribution in [0.5, 0.6) is 0 Å². The summed E-state index contributed by atoms with van der Waals surface area (Å²) < 4.78 is 1.82. The van der Waals surface area contributed by atoms with E-state index in [2.05, 4.69) is 5.32 Å². The fourth-order valence-corrected chi connectivity index (χ4v) is 5.45. The van der Waals surface area contributed by atoms with E-state index in [0.29, 0.717) is 30.0 Å². The molecule has 0 aliphatic carbocycles. The van der Waals surface area contributed by atoms with Crippen molar-refractivity contribution in [3.63, 3.8) is 0 Å². The summed E-state index contributed by atoms with van der Waals surface area (Å²) in [5.74, 6) is -0.411. The molecule has 1 amide bonds. The number of rotatable bonds is 9. The van der Waals surface area contributed by atoms with Gasteiger partial charge in [0.25, 0.3) is 5.91 Å². The summed E-state index contributed by atoms with van der Waals surface area (Å²) in [5, 5.41) is 14.7. The van der Waals surface area contributed by atoms with Gasteiger partial charge in [0.15, 0.2) is 0 Å². The van der Waals surface area contributed by atoms with E-state index >= 15 is 0 Å². The van der Waals surface area contributed by atoms with Gasteiger partial charge in [-0.15, -0.1) is 11.3 Å². The average Bonchev–Trinajstić information content (AvgIpc) is 3.30. The predicted molar refractivity (Wildman–Crippen MR) is 152 cm³/mol. The first-order valence-electron chi connectivity index (χ1n) is 11.9. The van der Waals surface area contributed by atoms with Gasteiger partial charge in [-0.25, -0.2) is 0 Å². The van der Waals surface area contributed by atoms with Crippen molar-refractivity contribution in [3.05, 3.63) is 97.6 Å². The van der Waals surface area contributed by atoms with Crippen LogP contribution in [-0.2, 0) is 20.1 Å². The topological polar surface area (TPSA) is 77.8 Å². The lowest BCUT2D eigenvalue weighted by atomic mass is 10.1. The number of carbonyl (C=O) groups excluding carboxylic acids is 1. The Bertz CT molecular complexity index is 1450. The molecule has 2 aromatic carbocycles. The highest BCUT2D eigenvalue weighted by molar-refractivity contribution is 7.18. The highest BCUT2D eigenvalue weighted by Gasteiger charge is 2.18. The minimum Gasteiger partial charge on any atom is -0.387 e. The van der Waals surface area contributed by atoms with E-state index in [9.17, 15) is 14.7 Å². The summed E-state index contributed by atoms with van der Waals surface area (Å²) in [6.07, 6.45) is 0.963. The monoisotopic (exact) mass is 538 g/mol. The molecule has 2 N–H and O–H groups in total. The van der Waals surface area contributed by atoms with Crippen molar-refractivity contribution >= 4 is 44.7 Å². The number of fused-ring (bicyclic) bond motifs is 1. The molecule has 1 atom stereocenters. The van der Waals surface area contributed by atoms with Crippen molar-refractivity contribution in [1.29, 1.82) is 0 Å². The second kappa shape index (κ2) is 11.5. The minimum atomic E-state index is -0.627. The first-order chi connectivity index (χ1) is 17.6. The summed E-state index contributed by atoms with van der Waals surface area (Å²) in [6, 6.07) is 16.9. The zero-order valence-electron chi connectivity index (χ0n) is 21.4. The number of hydrogen-bond donors (Lipinski definition) is 2. The number of likely N-dealkylation sites (N-methyl/N-ethyl adjacent to an activating group) is 1. The van der Waals surface area contributed by atoms with Crippen molar-refractivity contribution in [2.45, 2.75) is 19.2 Å². The highest BCUT2D eigenvalue weighted by atomic mass is 35.5. The van der Waals surface area contributed by atoms with Gasteiger partial charge in [0, 0.05) is 62.6 Å². The zero-order valence-corrected chi connectivity index (χ0v) is 22.9. The zero-order chi connectivity index (χ0) is 26.7. The fourth-order valence-electron chi connectivity index (χ4n) is 4.16. The Hall–Kier alpha value is -3.17. The van der Waals surface area contributed by atoms with Gasteiger partial charge in [0.1, 0.15) is 10.4 Å². The third-order valence-electron chi connectivity index (χ3n) is 6.21. The lowest BCUT2D eigenvalue weighted by Gasteiger charge is -2.21. The van der Waals surface area contributed by atoms with Gasteiger partial charge in [-0.2, -0.15) is 0 Å². The third-order valence-corrected chi connectivity index (χ3v) is 7.67. The first kappa shape index (κ1) is 26.9. The molecule has 0 spiro atoms.